The standard InChI is InChI=1S/C11H23N5/c1-5-7-10(6-2)16-11(13-14-15-16)8-12-9(3)4/h9-10,12H,5-8H2,1-4H3. The summed E-state index contributed by atoms with van der Waals surface area (Å²) in [5, 5.41) is 15.3. The average Bonchev–Trinajstić information content (AvgIpc) is 2.71. The minimum absolute atomic E-state index is 0.434. The third-order valence-corrected chi connectivity index (χ3v) is 2.67. The fourth-order valence-corrected chi connectivity index (χ4v) is 1.74. The Hall–Kier alpha value is -0.970. The van der Waals surface area contributed by atoms with Gasteiger partial charge in [0.1, 0.15) is 0 Å². The average molecular weight is 225 g/mol. The minimum atomic E-state index is 0.434. The lowest BCUT2D eigenvalue weighted by Gasteiger charge is -2.16. The van der Waals surface area contributed by atoms with Crippen molar-refractivity contribution in [3.8, 4) is 0 Å². The van der Waals surface area contributed by atoms with Crippen molar-refractivity contribution in [2.24, 2.45) is 0 Å². The smallest absolute Gasteiger partial charge is 0.165 e. The molecule has 0 aliphatic carbocycles. The lowest BCUT2D eigenvalue weighted by Crippen LogP contribution is -2.25. The van der Waals surface area contributed by atoms with Crippen LogP contribution in [-0.2, 0) is 6.54 Å². The zero-order valence-corrected chi connectivity index (χ0v) is 10.8. The zero-order chi connectivity index (χ0) is 12.0. The maximum atomic E-state index is 4.10. The third kappa shape index (κ3) is 3.56. The monoisotopic (exact) mass is 225 g/mol. The number of nitrogens with zero attached hydrogens (tertiary/aromatic N) is 4. The molecular formula is C11H23N5. The summed E-state index contributed by atoms with van der Waals surface area (Å²) < 4.78 is 1.97. The first kappa shape index (κ1) is 13.1. The summed E-state index contributed by atoms with van der Waals surface area (Å²) in [6.45, 7) is 9.36. The van der Waals surface area contributed by atoms with Gasteiger partial charge >= 0.3 is 0 Å². The van der Waals surface area contributed by atoms with Crippen LogP contribution in [0.1, 0.15) is 58.8 Å². The molecule has 0 bridgehead atoms. The summed E-state index contributed by atoms with van der Waals surface area (Å²) >= 11 is 0. The van der Waals surface area contributed by atoms with E-state index in [0.717, 1.165) is 31.6 Å². The second kappa shape index (κ2) is 6.58. The molecular weight excluding hydrogens is 202 g/mol. The Bertz CT molecular complexity index is 294. The Morgan fingerprint density at radius 2 is 2.06 bits per heavy atom. The van der Waals surface area contributed by atoms with Gasteiger partial charge in [0.05, 0.1) is 12.6 Å². The van der Waals surface area contributed by atoms with Crippen molar-refractivity contribution in [2.75, 3.05) is 0 Å². The van der Waals surface area contributed by atoms with Gasteiger partial charge in [0, 0.05) is 6.04 Å². The van der Waals surface area contributed by atoms with Crippen LogP contribution in [-0.4, -0.2) is 26.2 Å². The summed E-state index contributed by atoms with van der Waals surface area (Å²) in [6.07, 6.45) is 3.37. The maximum Gasteiger partial charge on any atom is 0.165 e. The molecule has 0 saturated carbocycles. The van der Waals surface area contributed by atoms with E-state index in [-0.39, 0.29) is 0 Å². The Balaban J connectivity index is 2.67. The van der Waals surface area contributed by atoms with Crippen molar-refractivity contribution >= 4 is 0 Å². The van der Waals surface area contributed by atoms with Gasteiger partial charge in [-0.25, -0.2) is 4.68 Å². The minimum Gasteiger partial charge on any atom is -0.308 e. The van der Waals surface area contributed by atoms with Gasteiger partial charge in [-0.15, -0.1) is 5.10 Å². The number of rotatable bonds is 7. The second-order valence-electron chi connectivity index (χ2n) is 4.43. The Morgan fingerprint density at radius 1 is 1.31 bits per heavy atom. The fraction of sp³-hybridized carbons (Fsp3) is 0.909. The lowest BCUT2D eigenvalue weighted by atomic mass is 10.1. The Labute approximate surface area is 97.6 Å². The van der Waals surface area contributed by atoms with E-state index >= 15 is 0 Å². The summed E-state index contributed by atoms with van der Waals surface area (Å²) in [6, 6.07) is 0.889. The van der Waals surface area contributed by atoms with E-state index in [0.29, 0.717) is 12.1 Å². The van der Waals surface area contributed by atoms with E-state index in [1.807, 2.05) is 4.68 Å². The fourth-order valence-electron chi connectivity index (χ4n) is 1.74. The lowest BCUT2D eigenvalue weighted by molar-refractivity contribution is 0.381. The number of tetrazole rings is 1. The van der Waals surface area contributed by atoms with Crippen LogP contribution >= 0.6 is 0 Å². The predicted octanol–water partition coefficient (Wildman–Crippen LogP) is 1.92. The first-order valence-electron chi connectivity index (χ1n) is 6.19. The maximum absolute atomic E-state index is 4.10. The summed E-state index contributed by atoms with van der Waals surface area (Å²) in [7, 11) is 0. The molecule has 16 heavy (non-hydrogen) atoms. The van der Waals surface area contributed by atoms with Crippen LogP contribution in [0, 0.1) is 0 Å². The molecule has 0 radical (unpaired) electrons. The molecule has 1 aromatic heterocycles. The van der Waals surface area contributed by atoms with Crippen LogP contribution in [0.2, 0.25) is 0 Å². The van der Waals surface area contributed by atoms with E-state index in [9.17, 15) is 0 Å². The molecule has 1 heterocycles. The van der Waals surface area contributed by atoms with E-state index in [4.69, 9.17) is 0 Å². The molecule has 1 rings (SSSR count). The van der Waals surface area contributed by atoms with Crippen molar-refractivity contribution in [3.63, 3.8) is 0 Å². The number of nitrogens with one attached hydrogen (secondary N) is 1. The van der Waals surface area contributed by atoms with Gasteiger partial charge in [0.25, 0.3) is 0 Å². The third-order valence-electron chi connectivity index (χ3n) is 2.67. The van der Waals surface area contributed by atoms with Crippen molar-refractivity contribution in [1.82, 2.24) is 25.5 Å². The molecule has 0 spiro atoms. The van der Waals surface area contributed by atoms with Crippen molar-refractivity contribution in [3.05, 3.63) is 5.82 Å². The Kier molecular flexibility index (Phi) is 5.38. The highest BCUT2D eigenvalue weighted by Gasteiger charge is 2.14. The van der Waals surface area contributed by atoms with Crippen LogP contribution in [0.25, 0.3) is 0 Å². The molecule has 0 saturated heterocycles. The van der Waals surface area contributed by atoms with Gasteiger partial charge in [-0.3, -0.25) is 0 Å². The molecule has 0 fully saturated rings. The van der Waals surface area contributed by atoms with Gasteiger partial charge in [-0.1, -0.05) is 34.1 Å². The number of aromatic nitrogens is 4. The molecule has 5 nitrogen and oxygen atoms in total. The Morgan fingerprint density at radius 3 is 2.62 bits per heavy atom. The molecule has 0 aliphatic rings. The van der Waals surface area contributed by atoms with E-state index in [1.54, 1.807) is 0 Å². The van der Waals surface area contributed by atoms with Crippen LogP contribution in [0.3, 0.4) is 0 Å². The molecule has 5 heteroatoms. The summed E-state index contributed by atoms with van der Waals surface area (Å²) in [5.74, 6) is 0.939. The zero-order valence-electron chi connectivity index (χ0n) is 10.8. The van der Waals surface area contributed by atoms with Crippen LogP contribution in [0.15, 0.2) is 0 Å². The molecule has 1 N–H and O–H groups in total. The van der Waals surface area contributed by atoms with Crippen molar-refractivity contribution in [1.29, 1.82) is 0 Å². The van der Waals surface area contributed by atoms with Crippen LogP contribution in [0.5, 0.6) is 0 Å². The number of hydrogen-bond acceptors (Lipinski definition) is 4. The topological polar surface area (TPSA) is 55.6 Å². The highest BCUT2D eigenvalue weighted by Crippen LogP contribution is 2.17. The van der Waals surface area contributed by atoms with Gasteiger partial charge in [0.15, 0.2) is 5.82 Å². The van der Waals surface area contributed by atoms with Crippen LogP contribution in [0.4, 0.5) is 0 Å². The first-order valence-corrected chi connectivity index (χ1v) is 6.19. The molecule has 0 aliphatic heterocycles. The highest BCUT2D eigenvalue weighted by atomic mass is 15.6. The summed E-state index contributed by atoms with van der Waals surface area (Å²) in [4.78, 5) is 0. The van der Waals surface area contributed by atoms with Crippen molar-refractivity contribution < 1.29 is 0 Å². The largest absolute Gasteiger partial charge is 0.308 e. The van der Waals surface area contributed by atoms with Crippen molar-refractivity contribution in [2.45, 2.75) is 65.6 Å². The SMILES string of the molecule is CCCC(CC)n1nnnc1CNC(C)C. The van der Waals surface area contributed by atoms with Crippen LogP contribution < -0.4 is 5.32 Å². The van der Waals surface area contributed by atoms with E-state index in [1.165, 1.54) is 0 Å². The van der Waals surface area contributed by atoms with E-state index < -0.39 is 0 Å². The van der Waals surface area contributed by atoms with Gasteiger partial charge < -0.3 is 5.32 Å². The molecule has 0 amide bonds. The second-order valence-corrected chi connectivity index (χ2v) is 4.43. The molecule has 92 valence electrons. The predicted molar refractivity (Wildman–Crippen MR) is 64.0 cm³/mol. The van der Waals surface area contributed by atoms with Gasteiger partial charge in [-0.2, -0.15) is 0 Å². The molecule has 1 unspecified atom stereocenters. The molecule has 0 aromatic carbocycles. The van der Waals surface area contributed by atoms with Gasteiger partial charge in [0.2, 0.25) is 0 Å². The normalized spacial score (nSPS) is 13.3. The van der Waals surface area contributed by atoms with Gasteiger partial charge in [-0.05, 0) is 23.3 Å². The highest BCUT2D eigenvalue weighted by molar-refractivity contribution is 4.84. The number of hydrogen-bond donors (Lipinski definition) is 1. The van der Waals surface area contributed by atoms with E-state index in [2.05, 4.69) is 48.5 Å². The molecule has 1 atom stereocenters. The quantitative estimate of drug-likeness (QED) is 0.770. The molecule has 1 aromatic rings. The first-order chi connectivity index (χ1) is 7.69. The summed E-state index contributed by atoms with van der Waals surface area (Å²) in [5.41, 5.74) is 0.